The smallest absolute Gasteiger partial charge is 0.160 e. The number of rotatable bonds is 5. The van der Waals surface area contributed by atoms with Crippen LogP contribution in [0.15, 0.2) is 29.3 Å². The van der Waals surface area contributed by atoms with Crippen molar-refractivity contribution >= 4 is 0 Å². The fourth-order valence-corrected chi connectivity index (χ4v) is 3.84. The average Bonchev–Trinajstić information content (AvgIpc) is 2.59. The summed E-state index contributed by atoms with van der Waals surface area (Å²) in [6.07, 6.45) is 8.92. The van der Waals surface area contributed by atoms with Crippen molar-refractivity contribution in [2.45, 2.75) is 51.0 Å². The van der Waals surface area contributed by atoms with E-state index in [1.165, 1.54) is 44.1 Å². The molecule has 2 aliphatic rings. The fraction of sp³-hybridized carbons (Fsp3) is 0.579. The average molecular weight is 301 g/mol. The first-order valence-electron chi connectivity index (χ1n) is 8.47. The molecule has 0 aromatic heterocycles. The van der Waals surface area contributed by atoms with E-state index in [1.54, 1.807) is 25.4 Å². The Morgan fingerprint density at radius 3 is 2.68 bits per heavy atom. The Labute approximate surface area is 133 Å². The van der Waals surface area contributed by atoms with Crippen molar-refractivity contribution in [3.8, 4) is 11.5 Å². The van der Waals surface area contributed by atoms with Crippen LogP contribution in [-0.2, 0) is 6.42 Å². The van der Waals surface area contributed by atoms with Crippen LogP contribution in [-0.4, -0.2) is 26.8 Å². The summed E-state index contributed by atoms with van der Waals surface area (Å²) in [4.78, 5) is 0. The first-order chi connectivity index (χ1) is 10.8. The molecule has 0 fully saturated rings. The van der Waals surface area contributed by atoms with Gasteiger partial charge in [0, 0.05) is 6.04 Å². The van der Waals surface area contributed by atoms with Crippen LogP contribution < -0.4 is 14.8 Å². The maximum absolute atomic E-state index is 5.40. The summed E-state index contributed by atoms with van der Waals surface area (Å²) >= 11 is 0. The monoisotopic (exact) mass is 301 g/mol. The number of hydrogen-bond acceptors (Lipinski definition) is 3. The van der Waals surface area contributed by atoms with E-state index in [9.17, 15) is 0 Å². The second-order valence-corrected chi connectivity index (χ2v) is 6.32. The number of aryl methyl sites for hydroxylation is 1. The Balaban J connectivity index is 1.67. The third kappa shape index (κ3) is 3.30. The molecule has 1 atom stereocenters. The highest BCUT2D eigenvalue weighted by Crippen LogP contribution is 2.33. The minimum absolute atomic E-state index is 0.581. The Bertz CT molecular complexity index is 546. The number of hydrogen-bond donors (Lipinski definition) is 1. The van der Waals surface area contributed by atoms with Crippen LogP contribution in [0.3, 0.4) is 0 Å². The molecule has 1 N–H and O–H groups in total. The van der Waals surface area contributed by atoms with Crippen LogP contribution >= 0.6 is 0 Å². The van der Waals surface area contributed by atoms with Gasteiger partial charge in [-0.1, -0.05) is 17.2 Å². The quantitative estimate of drug-likeness (QED) is 0.838. The highest BCUT2D eigenvalue weighted by atomic mass is 16.5. The van der Waals surface area contributed by atoms with Gasteiger partial charge >= 0.3 is 0 Å². The number of nitrogens with one attached hydrogen (secondary N) is 1. The predicted octanol–water partition coefficient (Wildman–Crippen LogP) is 3.87. The Morgan fingerprint density at radius 1 is 1.05 bits per heavy atom. The van der Waals surface area contributed by atoms with Crippen LogP contribution in [0.1, 0.15) is 44.1 Å². The summed E-state index contributed by atoms with van der Waals surface area (Å²) in [5.74, 6) is 1.63. The summed E-state index contributed by atoms with van der Waals surface area (Å²) in [6.45, 7) is 1.15. The largest absolute Gasteiger partial charge is 0.493 e. The summed E-state index contributed by atoms with van der Waals surface area (Å²) in [5, 5.41) is 3.73. The molecular formula is C19H27NO2. The lowest BCUT2D eigenvalue weighted by Crippen LogP contribution is -2.37. The molecule has 3 heteroatoms. The summed E-state index contributed by atoms with van der Waals surface area (Å²) in [6, 6.07) is 6.85. The first-order valence-corrected chi connectivity index (χ1v) is 8.47. The highest BCUT2D eigenvalue weighted by molar-refractivity contribution is 5.43. The van der Waals surface area contributed by atoms with E-state index in [0.717, 1.165) is 24.5 Å². The molecule has 0 radical (unpaired) electrons. The maximum Gasteiger partial charge on any atom is 0.160 e. The molecule has 1 aliphatic heterocycles. The minimum atomic E-state index is 0.581. The molecule has 1 aliphatic carbocycles. The molecule has 22 heavy (non-hydrogen) atoms. The molecular weight excluding hydrogens is 274 g/mol. The van der Waals surface area contributed by atoms with Crippen molar-refractivity contribution in [1.82, 2.24) is 5.32 Å². The molecule has 0 saturated carbocycles. The molecule has 0 bridgehead atoms. The molecule has 1 unspecified atom stereocenters. The van der Waals surface area contributed by atoms with Crippen LogP contribution in [0.25, 0.3) is 0 Å². The van der Waals surface area contributed by atoms with Crippen molar-refractivity contribution in [1.29, 1.82) is 0 Å². The minimum Gasteiger partial charge on any atom is -0.493 e. The molecule has 120 valence electrons. The SMILES string of the molecule is COc1ccc(CCC2NCCC3=C2CCCC3)cc1OC. The van der Waals surface area contributed by atoms with E-state index >= 15 is 0 Å². The molecule has 1 aromatic rings. The van der Waals surface area contributed by atoms with Crippen LogP contribution in [0, 0.1) is 0 Å². The van der Waals surface area contributed by atoms with E-state index < -0.39 is 0 Å². The standard InChI is InChI=1S/C19H27NO2/c1-21-18-10-8-14(13-19(18)22-2)7-9-17-16-6-4-3-5-15(16)11-12-20-17/h8,10,13,17,20H,3-7,9,11-12H2,1-2H3. The zero-order valence-electron chi connectivity index (χ0n) is 13.8. The van der Waals surface area contributed by atoms with E-state index in [2.05, 4.69) is 17.4 Å². The third-order valence-electron chi connectivity index (χ3n) is 5.04. The van der Waals surface area contributed by atoms with Gasteiger partial charge in [0.15, 0.2) is 11.5 Å². The van der Waals surface area contributed by atoms with Gasteiger partial charge < -0.3 is 14.8 Å². The highest BCUT2D eigenvalue weighted by Gasteiger charge is 2.24. The number of methoxy groups -OCH3 is 2. The van der Waals surface area contributed by atoms with Crippen molar-refractivity contribution in [2.24, 2.45) is 0 Å². The second-order valence-electron chi connectivity index (χ2n) is 6.32. The second kappa shape index (κ2) is 7.19. The van der Waals surface area contributed by atoms with Gasteiger partial charge in [-0.2, -0.15) is 0 Å². The van der Waals surface area contributed by atoms with E-state index in [-0.39, 0.29) is 0 Å². The Morgan fingerprint density at radius 2 is 1.86 bits per heavy atom. The van der Waals surface area contributed by atoms with Gasteiger partial charge in [0.2, 0.25) is 0 Å². The number of ether oxygens (including phenoxy) is 2. The summed E-state index contributed by atoms with van der Waals surface area (Å²) < 4.78 is 10.7. The normalized spacial score (nSPS) is 21.5. The Hall–Kier alpha value is -1.48. The predicted molar refractivity (Wildman–Crippen MR) is 89.8 cm³/mol. The fourth-order valence-electron chi connectivity index (χ4n) is 3.84. The molecule has 3 nitrogen and oxygen atoms in total. The molecule has 0 spiro atoms. The van der Waals surface area contributed by atoms with Gasteiger partial charge in [0.25, 0.3) is 0 Å². The zero-order chi connectivity index (χ0) is 15.4. The van der Waals surface area contributed by atoms with Crippen LogP contribution in [0.4, 0.5) is 0 Å². The van der Waals surface area contributed by atoms with E-state index in [1.807, 2.05) is 6.07 Å². The zero-order valence-corrected chi connectivity index (χ0v) is 13.8. The van der Waals surface area contributed by atoms with Crippen molar-refractivity contribution in [2.75, 3.05) is 20.8 Å². The van der Waals surface area contributed by atoms with Crippen molar-refractivity contribution < 1.29 is 9.47 Å². The van der Waals surface area contributed by atoms with Crippen molar-refractivity contribution in [3.05, 3.63) is 34.9 Å². The number of benzene rings is 1. The van der Waals surface area contributed by atoms with Gasteiger partial charge in [-0.05, 0) is 69.2 Å². The lowest BCUT2D eigenvalue weighted by atomic mass is 9.82. The van der Waals surface area contributed by atoms with E-state index in [4.69, 9.17) is 9.47 Å². The molecule has 1 heterocycles. The molecule has 0 amide bonds. The first kappa shape index (κ1) is 15.4. The van der Waals surface area contributed by atoms with Gasteiger partial charge in [0.1, 0.15) is 0 Å². The molecule has 0 saturated heterocycles. The molecule has 3 rings (SSSR count). The Kier molecular flexibility index (Phi) is 5.04. The lowest BCUT2D eigenvalue weighted by molar-refractivity contribution is 0.354. The topological polar surface area (TPSA) is 30.5 Å². The van der Waals surface area contributed by atoms with Gasteiger partial charge in [-0.3, -0.25) is 0 Å². The van der Waals surface area contributed by atoms with Gasteiger partial charge in [0.05, 0.1) is 14.2 Å². The maximum atomic E-state index is 5.40. The third-order valence-corrected chi connectivity index (χ3v) is 5.04. The van der Waals surface area contributed by atoms with Crippen LogP contribution in [0.2, 0.25) is 0 Å². The summed E-state index contributed by atoms with van der Waals surface area (Å²) in [7, 11) is 3.38. The lowest BCUT2D eigenvalue weighted by Gasteiger charge is -2.33. The van der Waals surface area contributed by atoms with Crippen molar-refractivity contribution in [3.63, 3.8) is 0 Å². The van der Waals surface area contributed by atoms with Gasteiger partial charge in [-0.15, -0.1) is 0 Å². The van der Waals surface area contributed by atoms with E-state index in [0.29, 0.717) is 6.04 Å². The van der Waals surface area contributed by atoms with Crippen LogP contribution in [0.5, 0.6) is 11.5 Å². The van der Waals surface area contributed by atoms with Gasteiger partial charge in [-0.25, -0.2) is 0 Å². The summed E-state index contributed by atoms with van der Waals surface area (Å²) in [5.41, 5.74) is 4.79. The molecule has 1 aromatic carbocycles.